The number of nitrogens with zero attached hydrogens (tertiary/aromatic N) is 4. The Balaban J connectivity index is 1.46. The maximum Gasteiger partial charge on any atom is 0.220 e. The number of rotatable bonds is 6. The van der Waals surface area contributed by atoms with Gasteiger partial charge in [-0.05, 0) is 80.8 Å². The van der Waals surface area contributed by atoms with Gasteiger partial charge in [0.1, 0.15) is 0 Å². The minimum atomic E-state index is 0.109. The molecule has 2 aliphatic rings. The number of piperazine rings is 1. The molecule has 2 aromatic heterocycles. The predicted molar refractivity (Wildman–Crippen MR) is 157 cm³/mol. The first-order chi connectivity index (χ1) is 18.2. The van der Waals surface area contributed by atoms with Crippen molar-refractivity contribution in [2.75, 3.05) is 18.8 Å². The third-order valence-electron chi connectivity index (χ3n) is 7.90. The highest BCUT2D eigenvalue weighted by Gasteiger charge is 2.31. The third-order valence-corrected chi connectivity index (χ3v) is 8.17. The number of halogens is 1. The molecule has 6 rings (SSSR count). The Morgan fingerprint density at radius 3 is 2.74 bits per heavy atom. The van der Waals surface area contributed by atoms with Crippen LogP contribution in [0.15, 0.2) is 48.8 Å². The van der Waals surface area contributed by atoms with Crippen LogP contribution in [0.2, 0.25) is 5.02 Å². The fourth-order valence-corrected chi connectivity index (χ4v) is 6.27. The van der Waals surface area contributed by atoms with Crippen molar-refractivity contribution in [2.45, 2.75) is 71.0 Å². The normalized spacial score (nSPS) is 19.8. The highest BCUT2D eigenvalue weighted by molar-refractivity contribution is 6.33. The Morgan fingerprint density at radius 1 is 1.16 bits per heavy atom. The average Bonchev–Trinajstić information content (AvgIpc) is 3.65. The quantitative estimate of drug-likeness (QED) is 0.300. The van der Waals surface area contributed by atoms with Crippen molar-refractivity contribution in [1.29, 1.82) is 0 Å². The zero-order valence-corrected chi connectivity index (χ0v) is 23.5. The second-order valence-electron chi connectivity index (χ2n) is 11.9. The molecule has 1 unspecified atom stereocenters. The lowest BCUT2D eigenvalue weighted by atomic mass is 9.96. The molecular weight excluding hydrogens is 492 g/mol. The number of hydrogen-bond acceptors (Lipinski definition) is 5. The van der Waals surface area contributed by atoms with Crippen LogP contribution in [-0.2, 0) is 6.54 Å². The molecule has 0 radical (unpaired) electrons. The molecule has 3 heterocycles. The monoisotopic (exact) mass is 528 g/mol. The number of benzene rings is 2. The minimum absolute atomic E-state index is 0.109. The SMILES string of the molecule is CCC1CN(Cc2cc(C3CC3)cc(-n3cc(-c4nc(N)ncc4Cl)c4ccc(C)cc43)c2)CC(C)(C)N1. The van der Waals surface area contributed by atoms with E-state index in [9.17, 15) is 0 Å². The molecule has 2 fully saturated rings. The van der Waals surface area contributed by atoms with E-state index in [2.05, 4.69) is 95.0 Å². The molecule has 1 aliphatic carbocycles. The third kappa shape index (κ3) is 5.05. The highest BCUT2D eigenvalue weighted by atomic mass is 35.5. The van der Waals surface area contributed by atoms with E-state index in [-0.39, 0.29) is 11.5 Å². The van der Waals surface area contributed by atoms with Gasteiger partial charge in [0.15, 0.2) is 0 Å². The van der Waals surface area contributed by atoms with Crippen molar-refractivity contribution in [3.63, 3.8) is 0 Å². The van der Waals surface area contributed by atoms with Crippen molar-refractivity contribution in [2.24, 2.45) is 0 Å². The fraction of sp³-hybridized carbons (Fsp3) is 0.419. The molecule has 2 aromatic carbocycles. The van der Waals surface area contributed by atoms with Gasteiger partial charge in [-0.25, -0.2) is 9.97 Å². The molecule has 0 amide bonds. The number of aryl methyl sites for hydroxylation is 1. The zero-order chi connectivity index (χ0) is 26.6. The molecule has 6 nitrogen and oxygen atoms in total. The van der Waals surface area contributed by atoms with Gasteiger partial charge in [0, 0.05) is 54.0 Å². The summed E-state index contributed by atoms with van der Waals surface area (Å²) in [5, 5.41) is 5.41. The topological polar surface area (TPSA) is 72.0 Å². The standard InChI is InChI=1S/C31H37ClN6/c1-5-23-16-37(18-31(3,4)36-23)15-20-11-22(21-7-8-21)13-24(12-20)38-17-26(25-9-6-19(2)10-28(25)38)29-27(32)14-34-30(33)35-29/h6,9-14,17,21,23,36H,5,7-8,15-16,18H2,1-4H3,(H2,33,34,35). The predicted octanol–water partition coefficient (Wildman–Crippen LogP) is 6.47. The van der Waals surface area contributed by atoms with Gasteiger partial charge in [-0.1, -0.05) is 36.7 Å². The van der Waals surface area contributed by atoms with E-state index >= 15 is 0 Å². The van der Waals surface area contributed by atoms with Crippen LogP contribution in [0.1, 0.15) is 62.6 Å². The largest absolute Gasteiger partial charge is 0.368 e. The number of anilines is 1. The Labute approximate surface area is 230 Å². The van der Waals surface area contributed by atoms with E-state index in [1.807, 2.05) is 0 Å². The van der Waals surface area contributed by atoms with Gasteiger partial charge in [0.2, 0.25) is 5.95 Å². The molecule has 0 spiro atoms. The first-order valence-electron chi connectivity index (χ1n) is 13.7. The Morgan fingerprint density at radius 2 is 1.97 bits per heavy atom. The van der Waals surface area contributed by atoms with Gasteiger partial charge >= 0.3 is 0 Å². The molecule has 1 saturated carbocycles. The summed E-state index contributed by atoms with van der Waals surface area (Å²) < 4.78 is 2.30. The van der Waals surface area contributed by atoms with Crippen LogP contribution in [0.4, 0.5) is 5.95 Å². The maximum atomic E-state index is 6.57. The maximum absolute atomic E-state index is 6.57. The van der Waals surface area contributed by atoms with Gasteiger partial charge < -0.3 is 15.6 Å². The first-order valence-corrected chi connectivity index (χ1v) is 14.1. The zero-order valence-electron chi connectivity index (χ0n) is 22.8. The van der Waals surface area contributed by atoms with Gasteiger partial charge in [-0.2, -0.15) is 0 Å². The molecule has 1 saturated heterocycles. The van der Waals surface area contributed by atoms with Crippen LogP contribution in [-0.4, -0.2) is 44.1 Å². The highest BCUT2D eigenvalue weighted by Crippen LogP contribution is 2.42. The Hall–Kier alpha value is -2.93. The Bertz CT molecular complexity index is 1500. The van der Waals surface area contributed by atoms with Crippen LogP contribution in [0.3, 0.4) is 0 Å². The average molecular weight is 529 g/mol. The lowest BCUT2D eigenvalue weighted by molar-refractivity contribution is 0.109. The lowest BCUT2D eigenvalue weighted by Crippen LogP contribution is -2.61. The number of nitrogens with two attached hydrogens (primary N) is 1. The summed E-state index contributed by atoms with van der Waals surface area (Å²) in [6, 6.07) is 14.2. The van der Waals surface area contributed by atoms with Crippen molar-refractivity contribution in [3.05, 3.63) is 70.5 Å². The van der Waals surface area contributed by atoms with Crippen molar-refractivity contribution in [3.8, 4) is 16.9 Å². The van der Waals surface area contributed by atoms with Gasteiger partial charge in [-0.3, -0.25) is 4.90 Å². The van der Waals surface area contributed by atoms with E-state index < -0.39 is 0 Å². The first kappa shape index (κ1) is 25.4. The van der Waals surface area contributed by atoms with Gasteiger partial charge in [-0.15, -0.1) is 0 Å². The number of nitrogens with one attached hydrogen (secondary N) is 1. The van der Waals surface area contributed by atoms with E-state index in [0.717, 1.165) is 42.5 Å². The van der Waals surface area contributed by atoms with Crippen molar-refractivity contribution >= 4 is 28.5 Å². The number of fused-ring (bicyclic) bond motifs is 1. The van der Waals surface area contributed by atoms with Crippen molar-refractivity contribution < 1.29 is 0 Å². The van der Waals surface area contributed by atoms with Gasteiger partial charge in [0.25, 0.3) is 0 Å². The van der Waals surface area contributed by atoms with Crippen LogP contribution < -0.4 is 11.1 Å². The van der Waals surface area contributed by atoms with Crippen LogP contribution in [0.5, 0.6) is 0 Å². The molecule has 0 bridgehead atoms. The fourth-order valence-electron chi connectivity index (χ4n) is 6.08. The molecule has 38 heavy (non-hydrogen) atoms. The molecule has 198 valence electrons. The van der Waals surface area contributed by atoms with Crippen LogP contribution in [0.25, 0.3) is 27.8 Å². The van der Waals surface area contributed by atoms with E-state index in [0.29, 0.717) is 22.7 Å². The molecule has 1 atom stereocenters. The summed E-state index contributed by atoms with van der Waals surface area (Å²) in [6.07, 6.45) is 7.43. The number of hydrogen-bond donors (Lipinski definition) is 2. The summed E-state index contributed by atoms with van der Waals surface area (Å²) >= 11 is 6.57. The molecule has 3 N–H and O–H groups in total. The van der Waals surface area contributed by atoms with Crippen LogP contribution in [0, 0.1) is 6.92 Å². The second-order valence-corrected chi connectivity index (χ2v) is 12.3. The van der Waals surface area contributed by atoms with Crippen LogP contribution >= 0.6 is 11.6 Å². The van der Waals surface area contributed by atoms with Gasteiger partial charge in [0.05, 0.1) is 22.4 Å². The van der Waals surface area contributed by atoms with Crippen molar-refractivity contribution in [1.82, 2.24) is 24.8 Å². The lowest BCUT2D eigenvalue weighted by Gasteiger charge is -2.43. The smallest absolute Gasteiger partial charge is 0.220 e. The summed E-state index contributed by atoms with van der Waals surface area (Å²) in [4.78, 5) is 11.2. The molecule has 7 heteroatoms. The minimum Gasteiger partial charge on any atom is -0.368 e. The summed E-state index contributed by atoms with van der Waals surface area (Å²) in [5.74, 6) is 0.885. The number of aromatic nitrogens is 3. The number of nitrogen functional groups attached to an aromatic ring is 1. The molecule has 1 aliphatic heterocycles. The van der Waals surface area contributed by atoms with E-state index in [4.69, 9.17) is 17.3 Å². The second kappa shape index (κ2) is 9.67. The summed E-state index contributed by atoms with van der Waals surface area (Å²) in [7, 11) is 0. The van der Waals surface area contributed by atoms with E-state index in [1.54, 1.807) is 6.20 Å². The Kier molecular flexibility index (Phi) is 6.45. The molecule has 4 aromatic rings. The molecular formula is C31H37ClN6. The summed E-state index contributed by atoms with van der Waals surface area (Å²) in [5.41, 5.74) is 14.1. The van der Waals surface area contributed by atoms with E-state index in [1.165, 1.54) is 35.2 Å². The summed E-state index contributed by atoms with van der Waals surface area (Å²) in [6.45, 7) is 12.1.